The van der Waals surface area contributed by atoms with Gasteiger partial charge in [0.15, 0.2) is 0 Å². The number of hydrogen-bond acceptors (Lipinski definition) is 2. The average Bonchev–Trinajstić information content (AvgIpc) is 2.23. The molecule has 2 rings (SSSR count). The van der Waals surface area contributed by atoms with Gasteiger partial charge in [-0.25, -0.2) is 0 Å². The zero-order valence-electron chi connectivity index (χ0n) is 9.90. The van der Waals surface area contributed by atoms with Gasteiger partial charge in [0.05, 0.1) is 0 Å². The molecule has 0 radical (unpaired) electrons. The summed E-state index contributed by atoms with van der Waals surface area (Å²) in [6.07, 6.45) is 0. The lowest BCUT2D eigenvalue weighted by atomic mass is 10.0. The first-order chi connectivity index (χ1) is 7.16. The standard InChI is InChI=1S/C13H20N2/c1-11-4-6-12(7-5-11)13-10-14(2)8-9-15(13)3/h4-7,13H,8-10H2,1-3H3. The lowest BCUT2D eigenvalue weighted by Crippen LogP contribution is -2.44. The minimum absolute atomic E-state index is 0.560. The zero-order valence-corrected chi connectivity index (χ0v) is 9.90. The summed E-state index contributed by atoms with van der Waals surface area (Å²) in [7, 11) is 4.42. The van der Waals surface area contributed by atoms with Gasteiger partial charge in [-0.2, -0.15) is 0 Å². The molecule has 1 fully saturated rings. The van der Waals surface area contributed by atoms with Crippen LogP contribution in [-0.4, -0.2) is 43.5 Å². The molecule has 0 bridgehead atoms. The fourth-order valence-electron chi connectivity index (χ4n) is 2.16. The van der Waals surface area contributed by atoms with Crippen LogP contribution in [-0.2, 0) is 0 Å². The smallest absolute Gasteiger partial charge is 0.0472 e. The zero-order chi connectivity index (χ0) is 10.8. The predicted molar refractivity (Wildman–Crippen MR) is 64.0 cm³/mol. The molecule has 1 unspecified atom stereocenters. The fraction of sp³-hybridized carbons (Fsp3) is 0.538. The van der Waals surface area contributed by atoms with E-state index in [2.05, 4.69) is 55.1 Å². The quantitative estimate of drug-likeness (QED) is 0.689. The Morgan fingerprint density at radius 3 is 2.40 bits per heavy atom. The van der Waals surface area contributed by atoms with Crippen LogP contribution in [0.1, 0.15) is 17.2 Å². The Labute approximate surface area is 92.5 Å². The van der Waals surface area contributed by atoms with Crippen molar-refractivity contribution in [3.63, 3.8) is 0 Å². The summed E-state index contributed by atoms with van der Waals surface area (Å²) in [5.41, 5.74) is 2.78. The summed E-state index contributed by atoms with van der Waals surface area (Å²) in [6, 6.07) is 9.49. The first-order valence-corrected chi connectivity index (χ1v) is 5.62. The van der Waals surface area contributed by atoms with Crippen LogP contribution in [0.4, 0.5) is 0 Å². The maximum absolute atomic E-state index is 2.45. The van der Waals surface area contributed by atoms with Crippen molar-refractivity contribution in [1.82, 2.24) is 9.80 Å². The summed E-state index contributed by atoms with van der Waals surface area (Å²) in [5, 5.41) is 0. The van der Waals surface area contributed by atoms with Crippen LogP contribution >= 0.6 is 0 Å². The number of benzene rings is 1. The molecule has 2 heteroatoms. The second-order valence-electron chi connectivity index (χ2n) is 4.67. The average molecular weight is 204 g/mol. The maximum Gasteiger partial charge on any atom is 0.0472 e. The van der Waals surface area contributed by atoms with E-state index in [-0.39, 0.29) is 0 Å². The van der Waals surface area contributed by atoms with Crippen molar-refractivity contribution in [2.75, 3.05) is 33.7 Å². The van der Waals surface area contributed by atoms with Gasteiger partial charge in [-0.3, -0.25) is 4.90 Å². The molecule has 1 atom stereocenters. The third-order valence-electron chi connectivity index (χ3n) is 3.31. The van der Waals surface area contributed by atoms with Crippen LogP contribution < -0.4 is 0 Å². The highest BCUT2D eigenvalue weighted by Crippen LogP contribution is 2.23. The van der Waals surface area contributed by atoms with Gasteiger partial charge in [-0.05, 0) is 26.6 Å². The van der Waals surface area contributed by atoms with Gasteiger partial charge in [0, 0.05) is 25.7 Å². The van der Waals surface area contributed by atoms with Gasteiger partial charge < -0.3 is 4.90 Å². The van der Waals surface area contributed by atoms with E-state index in [0.717, 1.165) is 13.1 Å². The molecule has 1 aromatic carbocycles. The summed E-state index contributed by atoms with van der Waals surface area (Å²) in [5.74, 6) is 0. The summed E-state index contributed by atoms with van der Waals surface area (Å²) in [6.45, 7) is 5.62. The molecule has 1 aliphatic rings. The molecule has 0 aliphatic carbocycles. The van der Waals surface area contributed by atoms with E-state index in [4.69, 9.17) is 0 Å². The van der Waals surface area contributed by atoms with E-state index in [1.54, 1.807) is 0 Å². The number of aryl methyl sites for hydroxylation is 1. The first kappa shape index (κ1) is 10.7. The second kappa shape index (κ2) is 4.33. The first-order valence-electron chi connectivity index (χ1n) is 5.62. The number of likely N-dealkylation sites (N-methyl/N-ethyl adjacent to an activating group) is 2. The highest BCUT2D eigenvalue weighted by molar-refractivity contribution is 5.24. The van der Waals surface area contributed by atoms with E-state index < -0.39 is 0 Å². The molecule has 0 aromatic heterocycles. The lowest BCUT2D eigenvalue weighted by molar-refractivity contribution is 0.115. The van der Waals surface area contributed by atoms with Gasteiger partial charge in [0.1, 0.15) is 0 Å². The van der Waals surface area contributed by atoms with Crippen molar-refractivity contribution in [3.05, 3.63) is 35.4 Å². The van der Waals surface area contributed by atoms with Crippen molar-refractivity contribution in [2.24, 2.45) is 0 Å². The minimum atomic E-state index is 0.560. The Morgan fingerprint density at radius 1 is 1.07 bits per heavy atom. The number of rotatable bonds is 1. The number of hydrogen-bond donors (Lipinski definition) is 0. The molecule has 82 valence electrons. The third-order valence-corrected chi connectivity index (χ3v) is 3.31. The van der Waals surface area contributed by atoms with Crippen LogP contribution in [0.25, 0.3) is 0 Å². The normalized spacial score (nSPS) is 24.3. The van der Waals surface area contributed by atoms with Gasteiger partial charge in [0.25, 0.3) is 0 Å². The van der Waals surface area contributed by atoms with Crippen molar-refractivity contribution >= 4 is 0 Å². The lowest BCUT2D eigenvalue weighted by Gasteiger charge is -2.38. The van der Waals surface area contributed by atoms with E-state index >= 15 is 0 Å². The highest BCUT2D eigenvalue weighted by Gasteiger charge is 2.23. The molecule has 1 aliphatic heterocycles. The Kier molecular flexibility index (Phi) is 3.08. The molecular formula is C13H20N2. The van der Waals surface area contributed by atoms with E-state index in [1.807, 2.05) is 0 Å². The molecule has 0 N–H and O–H groups in total. The minimum Gasteiger partial charge on any atom is -0.303 e. The molecule has 2 nitrogen and oxygen atoms in total. The molecule has 0 amide bonds. The van der Waals surface area contributed by atoms with Gasteiger partial charge in [0.2, 0.25) is 0 Å². The topological polar surface area (TPSA) is 6.48 Å². The Morgan fingerprint density at radius 2 is 1.73 bits per heavy atom. The van der Waals surface area contributed by atoms with Crippen LogP contribution in [0, 0.1) is 6.92 Å². The molecule has 0 spiro atoms. The summed E-state index contributed by atoms with van der Waals surface area (Å²) >= 11 is 0. The predicted octanol–water partition coefficient (Wildman–Crippen LogP) is 1.91. The van der Waals surface area contributed by atoms with Crippen LogP contribution in [0.15, 0.2) is 24.3 Å². The second-order valence-corrected chi connectivity index (χ2v) is 4.67. The van der Waals surface area contributed by atoms with Gasteiger partial charge in [-0.1, -0.05) is 29.8 Å². The van der Waals surface area contributed by atoms with Gasteiger partial charge in [-0.15, -0.1) is 0 Å². The Bertz CT molecular complexity index is 318. The van der Waals surface area contributed by atoms with Crippen LogP contribution in [0.5, 0.6) is 0 Å². The molecular weight excluding hydrogens is 184 g/mol. The largest absolute Gasteiger partial charge is 0.303 e. The van der Waals surface area contributed by atoms with Gasteiger partial charge >= 0.3 is 0 Å². The molecule has 1 heterocycles. The van der Waals surface area contributed by atoms with Crippen molar-refractivity contribution in [3.8, 4) is 0 Å². The SMILES string of the molecule is Cc1ccc(C2CN(C)CCN2C)cc1. The maximum atomic E-state index is 2.45. The van der Waals surface area contributed by atoms with Crippen molar-refractivity contribution < 1.29 is 0 Å². The van der Waals surface area contributed by atoms with E-state index in [1.165, 1.54) is 17.7 Å². The Hall–Kier alpha value is -0.860. The highest BCUT2D eigenvalue weighted by atomic mass is 15.3. The monoisotopic (exact) mass is 204 g/mol. The number of piperazine rings is 1. The van der Waals surface area contributed by atoms with E-state index in [9.17, 15) is 0 Å². The molecule has 0 saturated carbocycles. The molecule has 15 heavy (non-hydrogen) atoms. The third kappa shape index (κ3) is 2.39. The Balaban J connectivity index is 2.17. The number of nitrogens with zero attached hydrogens (tertiary/aromatic N) is 2. The van der Waals surface area contributed by atoms with Crippen LogP contribution in [0.2, 0.25) is 0 Å². The van der Waals surface area contributed by atoms with Crippen LogP contribution in [0.3, 0.4) is 0 Å². The summed E-state index contributed by atoms with van der Waals surface area (Å²) in [4.78, 5) is 4.86. The fourth-order valence-corrected chi connectivity index (χ4v) is 2.16. The summed E-state index contributed by atoms with van der Waals surface area (Å²) < 4.78 is 0. The van der Waals surface area contributed by atoms with Crippen molar-refractivity contribution in [2.45, 2.75) is 13.0 Å². The molecule has 1 saturated heterocycles. The molecule has 1 aromatic rings. The van der Waals surface area contributed by atoms with Crippen molar-refractivity contribution in [1.29, 1.82) is 0 Å². The van der Waals surface area contributed by atoms with E-state index in [0.29, 0.717) is 6.04 Å².